The molecule has 0 aromatic carbocycles. The van der Waals surface area contributed by atoms with Crippen molar-refractivity contribution in [1.82, 2.24) is 9.55 Å². The van der Waals surface area contributed by atoms with E-state index in [2.05, 4.69) is 16.8 Å². The Morgan fingerprint density at radius 3 is 3.04 bits per heavy atom. The van der Waals surface area contributed by atoms with Crippen LogP contribution in [0, 0.1) is 11.8 Å². The van der Waals surface area contributed by atoms with Crippen LogP contribution < -0.4 is 17.2 Å². The molecule has 1 saturated heterocycles. The summed E-state index contributed by atoms with van der Waals surface area (Å²) >= 11 is 0. The van der Waals surface area contributed by atoms with E-state index in [1.807, 2.05) is 6.26 Å². The lowest BCUT2D eigenvalue weighted by Gasteiger charge is -2.16. The van der Waals surface area contributed by atoms with E-state index >= 15 is 0 Å². The maximum atomic E-state index is 12.2. The Hall–Kier alpha value is -1.16. The minimum atomic E-state index is -2.77. The summed E-state index contributed by atoms with van der Waals surface area (Å²) in [6.07, 6.45) is 1.97. The topological polar surface area (TPSA) is 152 Å². The number of nitrogens with two attached hydrogens (primary N) is 2. The van der Waals surface area contributed by atoms with Crippen LogP contribution >= 0.6 is 29.8 Å². The van der Waals surface area contributed by atoms with E-state index in [-0.39, 0.29) is 19.0 Å². The molecular weight excluding hydrogens is 415 g/mol. The summed E-state index contributed by atoms with van der Waals surface area (Å²) < 4.78 is 28.4. The SMILES string of the molecule is CSSCOC1CC(n2cc(C#CCN)c(N)nc2=O)OC1CO[P+](=O)O. The molecule has 1 aromatic rings. The van der Waals surface area contributed by atoms with Crippen molar-refractivity contribution in [3.63, 3.8) is 0 Å². The van der Waals surface area contributed by atoms with Gasteiger partial charge in [-0.3, -0.25) is 4.57 Å². The van der Waals surface area contributed by atoms with Gasteiger partial charge in [0.15, 0.2) is 0 Å². The second-order valence-electron chi connectivity index (χ2n) is 5.24. The average Bonchev–Trinajstić information content (AvgIpc) is 3.02. The molecule has 4 atom stereocenters. The second-order valence-corrected chi connectivity index (χ2v) is 8.49. The van der Waals surface area contributed by atoms with Crippen LogP contribution in [-0.2, 0) is 18.6 Å². The van der Waals surface area contributed by atoms with E-state index in [0.717, 1.165) is 0 Å². The first-order valence-corrected chi connectivity index (χ1v) is 11.6. The molecule has 2 rings (SSSR count). The van der Waals surface area contributed by atoms with Gasteiger partial charge in [0, 0.05) is 17.2 Å². The summed E-state index contributed by atoms with van der Waals surface area (Å²) in [6.45, 7) is -0.00589. The summed E-state index contributed by atoms with van der Waals surface area (Å²) in [4.78, 5) is 24.9. The van der Waals surface area contributed by atoms with Gasteiger partial charge in [0.25, 0.3) is 0 Å². The molecule has 1 aliphatic heterocycles. The molecule has 148 valence electrons. The predicted molar refractivity (Wildman–Crippen MR) is 104 cm³/mol. The first-order valence-electron chi connectivity index (χ1n) is 7.75. The van der Waals surface area contributed by atoms with E-state index in [4.69, 9.17) is 30.4 Å². The van der Waals surface area contributed by atoms with Crippen molar-refractivity contribution in [2.45, 2.75) is 24.9 Å². The fraction of sp³-hybridized carbons (Fsp3) is 0.571. The summed E-state index contributed by atoms with van der Waals surface area (Å²) in [7, 11) is 0.277. The summed E-state index contributed by atoms with van der Waals surface area (Å²) in [5, 5.41) is 0. The first-order chi connectivity index (χ1) is 13.0. The van der Waals surface area contributed by atoms with E-state index < -0.39 is 32.4 Å². The Labute approximate surface area is 164 Å². The molecule has 1 aliphatic rings. The second kappa shape index (κ2) is 11.0. The van der Waals surface area contributed by atoms with E-state index in [9.17, 15) is 9.36 Å². The highest BCUT2D eigenvalue weighted by Gasteiger charge is 2.39. The highest BCUT2D eigenvalue weighted by atomic mass is 33.1. The lowest BCUT2D eigenvalue weighted by molar-refractivity contribution is -0.0508. The molecule has 5 N–H and O–H groups in total. The van der Waals surface area contributed by atoms with Crippen LogP contribution in [0.2, 0.25) is 0 Å². The van der Waals surface area contributed by atoms with E-state index in [1.165, 1.54) is 21.6 Å². The van der Waals surface area contributed by atoms with Gasteiger partial charge in [0.2, 0.25) is 0 Å². The van der Waals surface area contributed by atoms with Crippen molar-refractivity contribution in [3.8, 4) is 11.8 Å². The van der Waals surface area contributed by atoms with Crippen molar-refractivity contribution in [2.24, 2.45) is 5.73 Å². The largest absolute Gasteiger partial charge is 0.694 e. The standard InChI is InChI=1S/C14H19N4O6PS2/c1-26-27-8-22-10-5-12(24-11(10)7-23-25(20)21)18-6-9(3-2-4-15)13(16)17-14(18)19/h6,10-12H,4-5,7-8,15H2,1H3,(H2-,16,17,19,20,21)/p+1. The quantitative estimate of drug-likeness (QED) is 0.171. The van der Waals surface area contributed by atoms with Crippen LogP contribution in [-0.4, -0.2) is 52.0 Å². The number of rotatable bonds is 8. The van der Waals surface area contributed by atoms with Gasteiger partial charge in [-0.05, 0) is 6.26 Å². The maximum absolute atomic E-state index is 12.2. The Balaban J connectivity index is 2.21. The highest BCUT2D eigenvalue weighted by Crippen LogP contribution is 2.33. The molecule has 4 unspecified atom stereocenters. The van der Waals surface area contributed by atoms with Crippen LogP contribution in [0.3, 0.4) is 0 Å². The van der Waals surface area contributed by atoms with Crippen molar-refractivity contribution in [3.05, 3.63) is 22.2 Å². The first kappa shape index (κ1) is 22.1. The van der Waals surface area contributed by atoms with E-state index in [1.54, 1.807) is 10.8 Å². The van der Waals surface area contributed by atoms with Crippen molar-refractivity contribution in [2.75, 3.05) is 31.1 Å². The van der Waals surface area contributed by atoms with Gasteiger partial charge in [0.05, 0.1) is 18.2 Å². The lowest BCUT2D eigenvalue weighted by Crippen LogP contribution is -2.29. The van der Waals surface area contributed by atoms with Gasteiger partial charge in [-0.2, -0.15) is 4.98 Å². The van der Waals surface area contributed by atoms with Crippen LogP contribution in [0.5, 0.6) is 0 Å². The van der Waals surface area contributed by atoms with E-state index in [0.29, 0.717) is 17.9 Å². The number of hydrogen-bond acceptors (Lipinski definition) is 10. The highest BCUT2D eigenvalue weighted by molar-refractivity contribution is 8.76. The Morgan fingerprint density at radius 2 is 2.37 bits per heavy atom. The maximum Gasteiger partial charge on any atom is 0.694 e. The molecule has 0 saturated carbocycles. The molecule has 27 heavy (non-hydrogen) atoms. The van der Waals surface area contributed by atoms with Crippen LogP contribution in [0.25, 0.3) is 0 Å². The molecule has 0 amide bonds. The van der Waals surface area contributed by atoms with Gasteiger partial charge < -0.3 is 20.9 Å². The van der Waals surface area contributed by atoms with Crippen LogP contribution in [0.1, 0.15) is 18.2 Å². The normalized spacial score (nSPS) is 22.3. The third kappa shape index (κ3) is 6.44. The zero-order valence-electron chi connectivity index (χ0n) is 14.4. The van der Waals surface area contributed by atoms with Crippen LogP contribution in [0.4, 0.5) is 5.82 Å². The monoisotopic (exact) mass is 435 g/mol. The summed E-state index contributed by atoms with van der Waals surface area (Å²) in [5.74, 6) is 5.82. The Bertz CT molecular complexity index is 783. The van der Waals surface area contributed by atoms with Gasteiger partial charge in [-0.15, -0.1) is 9.42 Å². The fourth-order valence-corrected chi connectivity index (χ4v) is 3.48. The molecule has 2 heterocycles. The number of ether oxygens (including phenoxy) is 2. The minimum absolute atomic E-state index is 0.0107. The molecular formula is C14H20N4O6PS2+. The van der Waals surface area contributed by atoms with Crippen molar-refractivity contribution < 1.29 is 23.5 Å². The summed E-state index contributed by atoms with van der Waals surface area (Å²) in [5.41, 5.74) is 10.9. The third-order valence-electron chi connectivity index (χ3n) is 3.59. The molecule has 13 heteroatoms. The van der Waals surface area contributed by atoms with Gasteiger partial charge in [0.1, 0.15) is 30.7 Å². The number of hydrogen-bond donors (Lipinski definition) is 3. The lowest BCUT2D eigenvalue weighted by atomic mass is 10.2. The minimum Gasteiger partial charge on any atom is -0.382 e. The smallest absolute Gasteiger partial charge is 0.382 e. The molecule has 1 aromatic heterocycles. The average molecular weight is 435 g/mol. The number of aromatic nitrogens is 2. The molecule has 10 nitrogen and oxygen atoms in total. The fourth-order valence-electron chi connectivity index (χ4n) is 2.43. The summed E-state index contributed by atoms with van der Waals surface area (Å²) in [6, 6.07) is 0. The number of nitrogen functional groups attached to an aromatic ring is 1. The van der Waals surface area contributed by atoms with Crippen molar-refractivity contribution >= 4 is 35.7 Å². The Morgan fingerprint density at radius 1 is 1.59 bits per heavy atom. The zero-order valence-corrected chi connectivity index (χ0v) is 17.0. The molecule has 0 bridgehead atoms. The van der Waals surface area contributed by atoms with Crippen molar-refractivity contribution in [1.29, 1.82) is 0 Å². The zero-order chi connectivity index (χ0) is 19.8. The number of nitrogens with zero attached hydrogens (tertiary/aromatic N) is 2. The van der Waals surface area contributed by atoms with Gasteiger partial charge >= 0.3 is 13.9 Å². The number of anilines is 1. The molecule has 0 aliphatic carbocycles. The van der Waals surface area contributed by atoms with Gasteiger partial charge in [-0.1, -0.05) is 33.4 Å². The Kier molecular flexibility index (Phi) is 9.01. The molecule has 0 radical (unpaired) electrons. The van der Waals surface area contributed by atoms with Gasteiger partial charge in [-0.25, -0.2) is 4.79 Å². The third-order valence-corrected chi connectivity index (χ3v) is 5.43. The predicted octanol–water partition coefficient (Wildman–Crippen LogP) is 0.443. The molecule has 0 spiro atoms. The molecule has 1 fully saturated rings. The van der Waals surface area contributed by atoms with Crippen LogP contribution in [0.15, 0.2) is 11.0 Å².